The van der Waals surface area contributed by atoms with Crippen LogP contribution in [-0.4, -0.2) is 104 Å². The van der Waals surface area contributed by atoms with Crippen molar-refractivity contribution in [2.75, 3.05) is 92.5 Å². The van der Waals surface area contributed by atoms with Gasteiger partial charge in [-0.25, -0.2) is 4.79 Å². The van der Waals surface area contributed by atoms with E-state index in [9.17, 15) is 9.59 Å². The van der Waals surface area contributed by atoms with Gasteiger partial charge in [0.25, 0.3) is 0 Å². The topological polar surface area (TPSA) is 108 Å². The van der Waals surface area contributed by atoms with Crippen molar-refractivity contribution in [1.29, 1.82) is 0 Å². The van der Waals surface area contributed by atoms with Crippen molar-refractivity contribution in [3.05, 3.63) is 12.2 Å². The molecule has 0 aromatic rings. The van der Waals surface area contributed by atoms with Gasteiger partial charge < -0.3 is 37.9 Å². The molecule has 0 radical (unpaired) electrons. The number of carbonyl (C=O) groups excluding carboxylic acids is 2. The number of esters is 2. The fourth-order valence-corrected chi connectivity index (χ4v) is 2.32. The minimum absolute atomic E-state index is 0.163. The molecule has 0 spiro atoms. The Kier molecular flexibility index (Phi) is 24.9. The Labute approximate surface area is 204 Å². The molecule has 0 aromatic heterocycles. The molecule has 34 heavy (non-hydrogen) atoms. The number of unbranched alkanes of at least 4 members (excludes halogenated alkanes) is 2. The highest BCUT2D eigenvalue weighted by atomic mass is 16.6. The number of carbonyl (C=O) groups is 2. The van der Waals surface area contributed by atoms with Gasteiger partial charge in [0.15, 0.2) is 0 Å². The van der Waals surface area contributed by atoms with Crippen LogP contribution in [0.25, 0.3) is 0 Å². The number of hydrogen-bond donors (Lipinski definition) is 0. The molecule has 0 aromatic carbocycles. The van der Waals surface area contributed by atoms with Gasteiger partial charge in [0.05, 0.1) is 79.3 Å². The zero-order chi connectivity index (χ0) is 25.1. The standard InChI is InChI=1S/C24H44O10/c1-4-5-6-7-23(25)33-20-18-31-16-14-29-12-10-27-8-9-28-11-13-30-15-17-32-19-21-34-24(26)22(2)3/h2,4-21H2,1,3H3. The summed E-state index contributed by atoms with van der Waals surface area (Å²) >= 11 is 0. The first-order valence-corrected chi connectivity index (χ1v) is 12.0. The predicted octanol–water partition coefficient (Wildman–Crippen LogP) is 2.33. The largest absolute Gasteiger partial charge is 0.463 e. The summed E-state index contributed by atoms with van der Waals surface area (Å²) in [6.45, 7) is 13.0. The smallest absolute Gasteiger partial charge is 0.333 e. The van der Waals surface area contributed by atoms with Crippen molar-refractivity contribution in [1.82, 2.24) is 0 Å². The van der Waals surface area contributed by atoms with Crippen LogP contribution < -0.4 is 0 Å². The molecule has 0 bridgehead atoms. The predicted molar refractivity (Wildman–Crippen MR) is 126 cm³/mol. The summed E-state index contributed by atoms with van der Waals surface area (Å²) in [6.07, 6.45) is 3.49. The lowest BCUT2D eigenvalue weighted by Crippen LogP contribution is -2.15. The van der Waals surface area contributed by atoms with Crippen LogP contribution in [0.3, 0.4) is 0 Å². The summed E-state index contributed by atoms with van der Waals surface area (Å²) < 4.78 is 42.2. The van der Waals surface area contributed by atoms with E-state index < -0.39 is 5.97 Å². The highest BCUT2D eigenvalue weighted by molar-refractivity contribution is 5.86. The van der Waals surface area contributed by atoms with Gasteiger partial charge in [-0.1, -0.05) is 26.3 Å². The first-order valence-electron chi connectivity index (χ1n) is 12.0. The summed E-state index contributed by atoms with van der Waals surface area (Å²) in [6, 6.07) is 0. The third kappa shape index (κ3) is 25.1. The lowest BCUT2D eigenvalue weighted by atomic mass is 10.2. The average Bonchev–Trinajstić information content (AvgIpc) is 2.82. The summed E-state index contributed by atoms with van der Waals surface area (Å²) in [4.78, 5) is 22.5. The average molecular weight is 493 g/mol. The fourth-order valence-electron chi connectivity index (χ4n) is 2.32. The molecule has 0 atom stereocenters. The molecule has 0 rings (SSSR count). The number of hydrogen-bond acceptors (Lipinski definition) is 10. The van der Waals surface area contributed by atoms with Gasteiger partial charge in [-0.15, -0.1) is 0 Å². The van der Waals surface area contributed by atoms with E-state index in [1.165, 1.54) is 0 Å². The van der Waals surface area contributed by atoms with Gasteiger partial charge in [0.2, 0.25) is 0 Å². The molecule has 200 valence electrons. The first kappa shape index (κ1) is 32.4. The molecule has 10 nitrogen and oxygen atoms in total. The number of ether oxygens (including phenoxy) is 8. The van der Waals surface area contributed by atoms with Crippen LogP contribution in [0.1, 0.15) is 39.5 Å². The van der Waals surface area contributed by atoms with E-state index in [0.717, 1.165) is 19.3 Å². The molecular formula is C24H44O10. The van der Waals surface area contributed by atoms with E-state index in [-0.39, 0.29) is 19.2 Å². The molecule has 0 N–H and O–H groups in total. The van der Waals surface area contributed by atoms with E-state index in [1.54, 1.807) is 6.92 Å². The molecule has 0 fully saturated rings. The molecule has 0 saturated heterocycles. The van der Waals surface area contributed by atoms with Gasteiger partial charge in [-0.2, -0.15) is 0 Å². The summed E-state index contributed by atoms with van der Waals surface area (Å²) in [5.41, 5.74) is 0.370. The Hall–Kier alpha value is -1.56. The Morgan fingerprint density at radius 2 is 0.912 bits per heavy atom. The minimum Gasteiger partial charge on any atom is -0.463 e. The van der Waals surface area contributed by atoms with Gasteiger partial charge in [0.1, 0.15) is 13.2 Å². The molecule has 0 unspecified atom stereocenters. The minimum atomic E-state index is -0.413. The fraction of sp³-hybridized carbons (Fsp3) is 0.833. The molecule has 0 aliphatic carbocycles. The molecule has 0 aliphatic heterocycles. The van der Waals surface area contributed by atoms with Crippen LogP contribution >= 0.6 is 0 Å². The van der Waals surface area contributed by atoms with E-state index in [1.807, 2.05) is 0 Å². The van der Waals surface area contributed by atoms with Crippen LogP contribution in [0.5, 0.6) is 0 Å². The Bertz CT molecular complexity index is 498. The van der Waals surface area contributed by atoms with Crippen molar-refractivity contribution in [2.45, 2.75) is 39.5 Å². The zero-order valence-electron chi connectivity index (χ0n) is 21.0. The van der Waals surface area contributed by atoms with E-state index >= 15 is 0 Å². The summed E-state index contributed by atoms with van der Waals surface area (Å²) in [5, 5.41) is 0. The second-order valence-corrected chi connectivity index (χ2v) is 7.27. The third-order valence-electron chi connectivity index (χ3n) is 4.14. The first-order chi connectivity index (χ1) is 16.6. The molecule has 0 saturated carbocycles. The maximum atomic E-state index is 11.4. The summed E-state index contributed by atoms with van der Waals surface area (Å²) in [5.74, 6) is -0.576. The highest BCUT2D eigenvalue weighted by Crippen LogP contribution is 2.00. The van der Waals surface area contributed by atoms with Gasteiger partial charge in [0, 0.05) is 12.0 Å². The second-order valence-electron chi connectivity index (χ2n) is 7.27. The Morgan fingerprint density at radius 1 is 0.559 bits per heavy atom. The quantitative estimate of drug-likeness (QED) is 0.101. The maximum absolute atomic E-state index is 11.4. The Morgan fingerprint density at radius 3 is 1.26 bits per heavy atom. The zero-order valence-corrected chi connectivity index (χ0v) is 21.0. The van der Waals surface area contributed by atoms with Crippen molar-refractivity contribution >= 4 is 11.9 Å². The molecule has 0 amide bonds. The van der Waals surface area contributed by atoms with Gasteiger partial charge >= 0.3 is 11.9 Å². The third-order valence-corrected chi connectivity index (χ3v) is 4.14. The highest BCUT2D eigenvalue weighted by Gasteiger charge is 2.02. The molecule has 0 heterocycles. The normalized spacial score (nSPS) is 10.9. The van der Waals surface area contributed by atoms with Crippen LogP contribution in [0.2, 0.25) is 0 Å². The van der Waals surface area contributed by atoms with Crippen LogP contribution in [0, 0.1) is 0 Å². The van der Waals surface area contributed by atoms with Gasteiger partial charge in [-0.05, 0) is 13.3 Å². The van der Waals surface area contributed by atoms with Crippen molar-refractivity contribution in [3.8, 4) is 0 Å². The van der Waals surface area contributed by atoms with Crippen molar-refractivity contribution in [3.63, 3.8) is 0 Å². The van der Waals surface area contributed by atoms with Crippen molar-refractivity contribution in [2.24, 2.45) is 0 Å². The monoisotopic (exact) mass is 492 g/mol. The van der Waals surface area contributed by atoms with Crippen LogP contribution in [-0.2, 0) is 47.5 Å². The maximum Gasteiger partial charge on any atom is 0.333 e. The summed E-state index contributed by atoms with van der Waals surface area (Å²) in [7, 11) is 0. The van der Waals surface area contributed by atoms with Crippen LogP contribution in [0.4, 0.5) is 0 Å². The van der Waals surface area contributed by atoms with Gasteiger partial charge in [-0.3, -0.25) is 4.79 Å². The number of rotatable bonds is 26. The Balaban J connectivity index is 3.12. The molecular weight excluding hydrogens is 448 g/mol. The van der Waals surface area contributed by atoms with Crippen LogP contribution in [0.15, 0.2) is 12.2 Å². The molecule has 10 heteroatoms. The lowest BCUT2D eigenvalue weighted by molar-refractivity contribution is -0.145. The van der Waals surface area contributed by atoms with E-state index in [2.05, 4.69) is 13.5 Å². The SMILES string of the molecule is C=C(C)C(=O)OCCOCCOCCOCCOCCOCCOCCOC(=O)CCCCC. The van der Waals surface area contributed by atoms with E-state index in [0.29, 0.717) is 91.3 Å². The molecule has 0 aliphatic rings. The second kappa shape index (κ2) is 26.1. The van der Waals surface area contributed by atoms with Crippen molar-refractivity contribution < 1.29 is 47.5 Å². The van der Waals surface area contributed by atoms with E-state index in [4.69, 9.17) is 37.9 Å². The lowest BCUT2D eigenvalue weighted by Gasteiger charge is -2.08.